The van der Waals surface area contributed by atoms with Gasteiger partial charge in [-0.15, -0.1) is 11.8 Å². The largest absolute Gasteiger partial charge is 0.369 e. The first-order chi connectivity index (χ1) is 16.1. The summed E-state index contributed by atoms with van der Waals surface area (Å²) < 4.78 is 0. The molecule has 3 aromatic rings. The number of amides is 1. The minimum Gasteiger partial charge on any atom is -0.369 e. The molecule has 1 fully saturated rings. The number of likely N-dealkylation sites (N-methyl/N-ethyl adjacent to an activating group) is 1. The van der Waals surface area contributed by atoms with Crippen molar-refractivity contribution in [3.05, 3.63) is 95.6 Å². The molecule has 0 radical (unpaired) electrons. The second kappa shape index (κ2) is 11.4. The summed E-state index contributed by atoms with van der Waals surface area (Å²) in [6.07, 6.45) is 0. The molecule has 1 heterocycles. The highest BCUT2D eigenvalue weighted by Crippen LogP contribution is 2.35. The van der Waals surface area contributed by atoms with Crippen LogP contribution >= 0.6 is 11.8 Å². The van der Waals surface area contributed by atoms with Gasteiger partial charge < -0.3 is 15.1 Å². The third kappa shape index (κ3) is 6.18. The summed E-state index contributed by atoms with van der Waals surface area (Å²) in [5.74, 6) is 0.429. The summed E-state index contributed by atoms with van der Waals surface area (Å²) in [7, 11) is 0. The van der Waals surface area contributed by atoms with Crippen LogP contribution in [0, 0.1) is 6.92 Å². The summed E-state index contributed by atoms with van der Waals surface area (Å²) in [5, 5.41) is 3.26. The third-order valence-corrected chi connectivity index (χ3v) is 7.56. The molecule has 0 bridgehead atoms. The lowest BCUT2D eigenvalue weighted by atomic mass is 10.0. The van der Waals surface area contributed by atoms with E-state index < -0.39 is 0 Å². The van der Waals surface area contributed by atoms with Crippen LogP contribution in [0.4, 0.5) is 11.4 Å². The van der Waals surface area contributed by atoms with Gasteiger partial charge in [0.1, 0.15) is 0 Å². The van der Waals surface area contributed by atoms with Crippen LogP contribution in [0.3, 0.4) is 0 Å². The van der Waals surface area contributed by atoms with Crippen molar-refractivity contribution in [2.75, 3.05) is 48.7 Å². The molecule has 33 heavy (non-hydrogen) atoms. The van der Waals surface area contributed by atoms with Crippen LogP contribution in [-0.4, -0.2) is 49.3 Å². The normalized spacial score (nSPS) is 14.5. The van der Waals surface area contributed by atoms with Crippen molar-refractivity contribution in [3.8, 4) is 0 Å². The number of thioether (sulfide) groups is 1. The molecule has 0 aromatic heterocycles. The number of benzene rings is 3. The zero-order valence-corrected chi connectivity index (χ0v) is 20.4. The summed E-state index contributed by atoms with van der Waals surface area (Å²) in [5.41, 5.74) is 5.67. The van der Waals surface area contributed by atoms with E-state index in [0.29, 0.717) is 5.75 Å². The SMILES string of the molecule is CCN1CCN(c2ccc(NC(=O)CSC(c3ccccc3)c3ccccc3)c(C)c2)CC1. The summed E-state index contributed by atoms with van der Waals surface area (Å²) in [6, 6.07) is 27.2. The number of carbonyl (C=O) groups is 1. The maximum absolute atomic E-state index is 12.8. The average Bonchev–Trinajstić information content (AvgIpc) is 2.87. The van der Waals surface area contributed by atoms with E-state index in [1.54, 1.807) is 11.8 Å². The number of nitrogens with zero attached hydrogens (tertiary/aromatic N) is 2. The maximum Gasteiger partial charge on any atom is 0.234 e. The highest BCUT2D eigenvalue weighted by molar-refractivity contribution is 8.00. The molecular weight excluding hydrogens is 426 g/mol. The van der Waals surface area contributed by atoms with E-state index in [9.17, 15) is 4.79 Å². The van der Waals surface area contributed by atoms with E-state index in [1.165, 1.54) is 16.8 Å². The van der Waals surface area contributed by atoms with Crippen molar-refractivity contribution >= 4 is 29.0 Å². The van der Waals surface area contributed by atoms with Gasteiger partial charge in [-0.25, -0.2) is 0 Å². The number of hydrogen-bond donors (Lipinski definition) is 1. The lowest BCUT2D eigenvalue weighted by molar-refractivity contribution is -0.113. The van der Waals surface area contributed by atoms with Crippen LogP contribution in [-0.2, 0) is 4.79 Å². The van der Waals surface area contributed by atoms with Crippen molar-refractivity contribution in [1.82, 2.24) is 4.90 Å². The molecule has 1 aliphatic heterocycles. The van der Waals surface area contributed by atoms with Gasteiger partial charge in [-0.05, 0) is 48.4 Å². The van der Waals surface area contributed by atoms with Crippen LogP contribution in [0.5, 0.6) is 0 Å². The van der Waals surface area contributed by atoms with Gasteiger partial charge in [0.25, 0.3) is 0 Å². The fourth-order valence-corrected chi connectivity index (χ4v) is 5.38. The van der Waals surface area contributed by atoms with Gasteiger partial charge in [0.2, 0.25) is 5.91 Å². The van der Waals surface area contributed by atoms with Crippen molar-refractivity contribution in [3.63, 3.8) is 0 Å². The van der Waals surface area contributed by atoms with Gasteiger partial charge in [0, 0.05) is 37.6 Å². The van der Waals surface area contributed by atoms with Crippen LogP contribution in [0.2, 0.25) is 0 Å². The fourth-order valence-electron chi connectivity index (χ4n) is 4.29. The number of carbonyl (C=O) groups excluding carboxylic acids is 1. The van der Waals surface area contributed by atoms with E-state index in [2.05, 4.69) is 89.6 Å². The van der Waals surface area contributed by atoms with Crippen molar-refractivity contribution in [2.24, 2.45) is 0 Å². The Labute approximate surface area is 202 Å². The monoisotopic (exact) mass is 459 g/mol. The number of piperazine rings is 1. The molecule has 0 atom stereocenters. The van der Waals surface area contributed by atoms with E-state index in [-0.39, 0.29) is 11.2 Å². The van der Waals surface area contributed by atoms with Crippen LogP contribution in [0.25, 0.3) is 0 Å². The number of anilines is 2. The van der Waals surface area contributed by atoms with Crippen LogP contribution in [0.15, 0.2) is 78.9 Å². The molecule has 172 valence electrons. The lowest BCUT2D eigenvalue weighted by Crippen LogP contribution is -2.46. The van der Waals surface area contributed by atoms with Gasteiger partial charge in [-0.3, -0.25) is 4.79 Å². The third-order valence-electron chi connectivity index (χ3n) is 6.25. The Kier molecular flexibility index (Phi) is 8.08. The standard InChI is InChI=1S/C28H33N3OS/c1-3-30-16-18-31(19-17-30)25-14-15-26(22(2)20-25)29-27(32)21-33-28(23-10-6-4-7-11-23)24-12-8-5-9-13-24/h4-15,20,28H,3,16-19,21H2,1-2H3,(H,29,32). The molecule has 5 heteroatoms. The van der Waals surface area contributed by atoms with Crippen LogP contribution < -0.4 is 10.2 Å². The van der Waals surface area contributed by atoms with E-state index in [1.807, 2.05) is 18.2 Å². The highest BCUT2D eigenvalue weighted by atomic mass is 32.2. The first-order valence-corrected chi connectivity index (χ1v) is 12.8. The first-order valence-electron chi connectivity index (χ1n) is 11.7. The smallest absolute Gasteiger partial charge is 0.234 e. The molecule has 4 rings (SSSR count). The Balaban J connectivity index is 1.38. The maximum atomic E-state index is 12.8. The number of nitrogens with one attached hydrogen (secondary N) is 1. The molecule has 3 aromatic carbocycles. The molecule has 0 unspecified atom stereocenters. The Hall–Kier alpha value is -2.76. The number of aryl methyl sites for hydroxylation is 1. The Morgan fingerprint density at radius 3 is 2.06 bits per heavy atom. The average molecular weight is 460 g/mol. The zero-order valence-electron chi connectivity index (χ0n) is 19.5. The molecule has 1 amide bonds. The van der Waals surface area contributed by atoms with E-state index >= 15 is 0 Å². The summed E-state index contributed by atoms with van der Waals surface area (Å²) >= 11 is 1.66. The molecular formula is C28H33N3OS. The lowest BCUT2D eigenvalue weighted by Gasteiger charge is -2.35. The topological polar surface area (TPSA) is 35.6 Å². The Morgan fingerprint density at radius 1 is 0.909 bits per heavy atom. The molecule has 1 N–H and O–H groups in total. The Bertz CT molecular complexity index is 994. The summed E-state index contributed by atoms with van der Waals surface area (Å²) in [4.78, 5) is 17.8. The predicted molar refractivity (Wildman–Crippen MR) is 141 cm³/mol. The predicted octanol–water partition coefficient (Wildman–Crippen LogP) is 5.60. The molecule has 0 spiro atoms. The molecule has 1 saturated heterocycles. The van der Waals surface area contributed by atoms with Gasteiger partial charge in [0.05, 0.1) is 11.0 Å². The molecule has 0 saturated carbocycles. The number of hydrogen-bond acceptors (Lipinski definition) is 4. The minimum absolute atomic E-state index is 0.0317. The van der Waals surface area contributed by atoms with Crippen LogP contribution in [0.1, 0.15) is 28.9 Å². The second-order valence-electron chi connectivity index (χ2n) is 8.48. The van der Waals surface area contributed by atoms with E-state index in [0.717, 1.165) is 44.0 Å². The van der Waals surface area contributed by atoms with Gasteiger partial charge in [-0.1, -0.05) is 67.6 Å². The van der Waals surface area contributed by atoms with Gasteiger partial charge in [-0.2, -0.15) is 0 Å². The first kappa shape index (κ1) is 23.4. The van der Waals surface area contributed by atoms with Crippen molar-refractivity contribution in [1.29, 1.82) is 0 Å². The van der Waals surface area contributed by atoms with Gasteiger partial charge in [0.15, 0.2) is 0 Å². The quantitative estimate of drug-likeness (QED) is 0.476. The number of rotatable bonds is 8. The van der Waals surface area contributed by atoms with Gasteiger partial charge >= 0.3 is 0 Å². The fraction of sp³-hybridized carbons (Fsp3) is 0.321. The second-order valence-corrected chi connectivity index (χ2v) is 9.57. The van der Waals surface area contributed by atoms with Crippen molar-refractivity contribution in [2.45, 2.75) is 19.1 Å². The Morgan fingerprint density at radius 2 is 1.52 bits per heavy atom. The zero-order chi connectivity index (χ0) is 23.0. The molecule has 1 aliphatic rings. The molecule has 0 aliphatic carbocycles. The van der Waals surface area contributed by atoms with E-state index in [4.69, 9.17) is 0 Å². The molecule has 4 nitrogen and oxygen atoms in total. The van der Waals surface area contributed by atoms with Crippen molar-refractivity contribution < 1.29 is 4.79 Å². The summed E-state index contributed by atoms with van der Waals surface area (Å²) in [6.45, 7) is 9.73. The highest BCUT2D eigenvalue weighted by Gasteiger charge is 2.18. The minimum atomic E-state index is 0.0317.